The van der Waals surface area contributed by atoms with E-state index >= 15 is 0 Å². The van der Waals surface area contributed by atoms with E-state index in [0.717, 1.165) is 25.7 Å². The first-order valence-electron chi connectivity index (χ1n) is 5.76. The Labute approximate surface area is 101 Å². The van der Waals surface area contributed by atoms with Gasteiger partial charge in [0.15, 0.2) is 0 Å². The van der Waals surface area contributed by atoms with Crippen molar-refractivity contribution in [3.63, 3.8) is 0 Å². The fraction of sp³-hybridized carbons (Fsp3) is 0.667. The summed E-state index contributed by atoms with van der Waals surface area (Å²) in [5.41, 5.74) is 5.46. The van der Waals surface area contributed by atoms with Gasteiger partial charge in [0.25, 0.3) is 0 Å². The molecule has 0 bridgehead atoms. The summed E-state index contributed by atoms with van der Waals surface area (Å²) in [4.78, 5) is 17.2. The summed E-state index contributed by atoms with van der Waals surface area (Å²) in [6, 6.07) is -0.309. The molecule has 1 fully saturated rings. The van der Waals surface area contributed by atoms with Gasteiger partial charge in [-0.05, 0) is 25.7 Å². The first-order valence-corrected chi connectivity index (χ1v) is 5.76. The minimum atomic E-state index is -0.460. The Kier molecular flexibility index (Phi) is 3.07. The monoisotopic (exact) mass is 235 g/mol. The highest BCUT2D eigenvalue weighted by atomic mass is 16.5. The van der Waals surface area contributed by atoms with E-state index in [1.54, 1.807) is 12.0 Å². The van der Waals surface area contributed by atoms with Crippen LogP contribution in [-0.4, -0.2) is 42.1 Å². The summed E-state index contributed by atoms with van der Waals surface area (Å²) in [5, 5.41) is 0. The average Bonchev–Trinajstić information content (AvgIpc) is 2.55. The molecule has 17 heavy (non-hydrogen) atoms. The van der Waals surface area contributed by atoms with Crippen molar-refractivity contribution in [2.45, 2.75) is 37.3 Å². The number of amidine groups is 1. The van der Waals surface area contributed by atoms with Gasteiger partial charge in [-0.15, -0.1) is 6.42 Å². The Morgan fingerprint density at radius 3 is 2.82 bits per heavy atom. The van der Waals surface area contributed by atoms with E-state index < -0.39 is 5.54 Å². The lowest BCUT2D eigenvalue weighted by molar-refractivity contribution is 0.0368. The number of carbonyl (C=O) groups is 1. The number of hydrogen-bond donors (Lipinski definition) is 1. The molecule has 0 unspecified atom stereocenters. The van der Waals surface area contributed by atoms with Gasteiger partial charge in [0.2, 0.25) is 0 Å². The number of nitrogens with two attached hydrogens (primary N) is 1. The molecule has 0 aromatic rings. The van der Waals surface area contributed by atoms with Crippen LogP contribution in [0, 0.1) is 12.3 Å². The van der Waals surface area contributed by atoms with Crippen molar-refractivity contribution in [2.24, 2.45) is 10.7 Å². The third kappa shape index (κ3) is 1.79. The number of methoxy groups -OCH3 is 1. The van der Waals surface area contributed by atoms with Gasteiger partial charge in [0, 0.05) is 7.11 Å². The molecule has 5 heteroatoms. The number of carbonyl (C=O) groups excluding carboxylic acids is 1. The molecule has 5 nitrogen and oxygen atoms in total. The van der Waals surface area contributed by atoms with Crippen LogP contribution in [-0.2, 0) is 4.74 Å². The van der Waals surface area contributed by atoms with Gasteiger partial charge in [-0.2, -0.15) is 4.99 Å². The largest absolute Gasteiger partial charge is 0.385 e. The molecule has 1 spiro atoms. The van der Waals surface area contributed by atoms with Gasteiger partial charge in [-0.3, -0.25) is 4.90 Å². The van der Waals surface area contributed by atoms with Crippen molar-refractivity contribution < 1.29 is 9.53 Å². The number of hydrogen-bond acceptors (Lipinski definition) is 3. The molecule has 1 saturated carbocycles. The Balaban J connectivity index is 2.20. The second kappa shape index (κ2) is 4.38. The van der Waals surface area contributed by atoms with Crippen LogP contribution in [0.15, 0.2) is 4.99 Å². The Morgan fingerprint density at radius 2 is 2.29 bits per heavy atom. The van der Waals surface area contributed by atoms with Crippen LogP contribution >= 0.6 is 0 Å². The lowest BCUT2D eigenvalue weighted by atomic mass is 9.78. The molecule has 0 radical (unpaired) electrons. The van der Waals surface area contributed by atoms with Crippen molar-refractivity contribution >= 4 is 11.9 Å². The molecule has 0 aromatic carbocycles. The van der Waals surface area contributed by atoms with Gasteiger partial charge in [-0.25, -0.2) is 4.79 Å². The van der Waals surface area contributed by atoms with Crippen molar-refractivity contribution in [2.75, 3.05) is 13.7 Å². The van der Waals surface area contributed by atoms with E-state index in [-0.39, 0.29) is 18.7 Å². The van der Waals surface area contributed by atoms with Crippen LogP contribution in [0.1, 0.15) is 25.7 Å². The van der Waals surface area contributed by atoms with E-state index in [1.807, 2.05) is 0 Å². The highest BCUT2D eigenvalue weighted by molar-refractivity contribution is 6.06. The number of terminal acetylenes is 1. The van der Waals surface area contributed by atoms with E-state index in [1.165, 1.54) is 0 Å². The van der Waals surface area contributed by atoms with Gasteiger partial charge in [-0.1, -0.05) is 5.92 Å². The zero-order chi connectivity index (χ0) is 12.5. The van der Waals surface area contributed by atoms with Crippen molar-refractivity contribution in [3.8, 4) is 12.3 Å². The van der Waals surface area contributed by atoms with Crippen LogP contribution in [0.25, 0.3) is 0 Å². The van der Waals surface area contributed by atoms with E-state index in [2.05, 4.69) is 10.9 Å². The summed E-state index contributed by atoms with van der Waals surface area (Å²) in [7, 11) is 1.71. The van der Waals surface area contributed by atoms with Crippen LogP contribution in [0.2, 0.25) is 0 Å². The molecule has 2 amide bonds. The number of urea groups is 1. The molecule has 2 N–H and O–H groups in total. The van der Waals surface area contributed by atoms with Crippen molar-refractivity contribution in [1.82, 2.24) is 4.90 Å². The standard InChI is InChI=1S/C12H17N3O2/c1-3-8-15-11(16)14-10(13)12(15)6-4-9(17-2)5-7-12/h1,9H,4-8H2,2H3,(H2,13,14,16). The molecule has 2 rings (SSSR count). The summed E-state index contributed by atoms with van der Waals surface area (Å²) < 4.78 is 5.33. The van der Waals surface area contributed by atoms with Crippen LogP contribution < -0.4 is 5.73 Å². The number of rotatable bonds is 2. The fourth-order valence-electron chi connectivity index (χ4n) is 2.73. The Hall–Kier alpha value is -1.54. The predicted octanol–water partition coefficient (Wildman–Crippen LogP) is 0.740. The van der Waals surface area contributed by atoms with E-state index in [9.17, 15) is 4.79 Å². The van der Waals surface area contributed by atoms with E-state index in [0.29, 0.717) is 5.84 Å². The Bertz CT molecular complexity index is 389. The molecular weight excluding hydrogens is 218 g/mol. The lowest BCUT2D eigenvalue weighted by Gasteiger charge is -2.41. The first-order chi connectivity index (χ1) is 8.14. The zero-order valence-corrected chi connectivity index (χ0v) is 9.98. The summed E-state index contributed by atoms with van der Waals surface area (Å²) >= 11 is 0. The number of nitrogens with zero attached hydrogens (tertiary/aromatic N) is 2. The number of aliphatic imine (C=N–C) groups is 1. The molecule has 92 valence electrons. The minimum Gasteiger partial charge on any atom is -0.385 e. The Morgan fingerprint density at radius 1 is 1.65 bits per heavy atom. The van der Waals surface area contributed by atoms with Gasteiger partial charge >= 0.3 is 6.03 Å². The highest BCUT2D eigenvalue weighted by Crippen LogP contribution is 2.38. The van der Waals surface area contributed by atoms with Gasteiger partial charge < -0.3 is 10.5 Å². The minimum absolute atomic E-state index is 0.247. The summed E-state index contributed by atoms with van der Waals surface area (Å²) in [5.74, 6) is 2.91. The normalized spacial score (nSPS) is 32.7. The zero-order valence-electron chi connectivity index (χ0n) is 9.98. The molecular formula is C12H17N3O2. The molecule has 0 atom stereocenters. The first kappa shape index (κ1) is 11.9. The van der Waals surface area contributed by atoms with Crippen molar-refractivity contribution in [1.29, 1.82) is 0 Å². The summed E-state index contributed by atoms with van der Waals surface area (Å²) in [6.07, 6.45) is 8.84. The third-order valence-corrected chi connectivity index (χ3v) is 3.78. The number of ether oxygens (including phenoxy) is 1. The predicted molar refractivity (Wildman–Crippen MR) is 64.6 cm³/mol. The average molecular weight is 235 g/mol. The number of amides is 2. The van der Waals surface area contributed by atoms with Gasteiger partial charge in [0.1, 0.15) is 11.4 Å². The second-order valence-corrected chi connectivity index (χ2v) is 4.54. The molecule has 0 aromatic heterocycles. The van der Waals surface area contributed by atoms with Crippen LogP contribution in [0.4, 0.5) is 4.79 Å². The smallest absolute Gasteiger partial charge is 0.346 e. The highest BCUT2D eigenvalue weighted by Gasteiger charge is 2.49. The SMILES string of the molecule is C#CCN1C(=O)N=C(N)C12CCC(OC)CC2. The second-order valence-electron chi connectivity index (χ2n) is 4.54. The molecule has 1 heterocycles. The van der Waals surface area contributed by atoms with Crippen molar-refractivity contribution in [3.05, 3.63) is 0 Å². The molecule has 1 aliphatic heterocycles. The quantitative estimate of drug-likeness (QED) is 0.718. The molecule has 1 aliphatic carbocycles. The van der Waals surface area contributed by atoms with Crippen LogP contribution in [0.3, 0.4) is 0 Å². The maximum atomic E-state index is 11.7. The maximum Gasteiger partial charge on any atom is 0.346 e. The van der Waals surface area contributed by atoms with E-state index in [4.69, 9.17) is 16.9 Å². The lowest BCUT2D eigenvalue weighted by Crippen LogP contribution is -2.56. The topological polar surface area (TPSA) is 67.9 Å². The molecule has 0 saturated heterocycles. The van der Waals surface area contributed by atoms with Crippen LogP contribution in [0.5, 0.6) is 0 Å². The molecule has 2 aliphatic rings. The third-order valence-electron chi connectivity index (χ3n) is 3.78. The maximum absolute atomic E-state index is 11.7. The fourth-order valence-corrected chi connectivity index (χ4v) is 2.73. The summed E-state index contributed by atoms with van der Waals surface area (Å²) in [6.45, 7) is 0.265. The van der Waals surface area contributed by atoms with Gasteiger partial charge in [0.05, 0.1) is 12.6 Å².